The second kappa shape index (κ2) is 9.85. The highest BCUT2D eigenvalue weighted by Gasteiger charge is 2.09. The number of hydrogen-bond donors (Lipinski definition) is 1. The summed E-state index contributed by atoms with van der Waals surface area (Å²) in [5.74, 6) is 0.129. The van der Waals surface area contributed by atoms with E-state index in [1.54, 1.807) is 47.9 Å². The van der Waals surface area contributed by atoms with Gasteiger partial charge in [-0.2, -0.15) is 0 Å². The maximum absolute atomic E-state index is 10.1. The lowest BCUT2D eigenvalue weighted by atomic mass is 10.2. The van der Waals surface area contributed by atoms with Gasteiger partial charge in [0.25, 0.3) is 0 Å². The summed E-state index contributed by atoms with van der Waals surface area (Å²) < 4.78 is 0. The summed E-state index contributed by atoms with van der Waals surface area (Å²) in [7, 11) is 0. The molecule has 1 heterocycles. The first-order valence-corrected chi connectivity index (χ1v) is 11.2. The molecular formula is C24H17ClN2OS2. The number of aliphatic imine (C=N–C) groups is 1. The van der Waals surface area contributed by atoms with E-state index in [4.69, 9.17) is 16.6 Å². The van der Waals surface area contributed by atoms with Crippen LogP contribution in [0.1, 0.15) is 5.56 Å². The van der Waals surface area contributed by atoms with E-state index in [1.807, 2.05) is 60.7 Å². The summed E-state index contributed by atoms with van der Waals surface area (Å²) in [6.45, 7) is 0. The summed E-state index contributed by atoms with van der Waals surface area (Å²) in [4.78, 5) is 11.6. The van der Waals surface area contributed by atoms with Crippen LogP contribution < -0.4 is 0 Å². The van der Waals surface area contributed by atoms with Gasteiger partial charge in [0.05, 0.1) is 5.69 Å². The molecule has 0 bridgehead atoms. The molecule has 6 heteroatoms. The van der Waals surface area contributed by atoms with Crippen molar-refractivity contribution < 1.29 is 5.11 Å². The van der Waals surface area contributed by atoms with Gasteiger partial charge in [-0.05, 0) is 54.6 Å². The van der Waals surface area contributed by atoms with E-state index in [2.05, 4.69) is 17.1 Å². The molecule has 0 aliphatic carbocycles. The summed E-state index contributed by atoms with van der Waals surface area (Å²) in [6.07, 6.45) is 1.61. The molecule has 30 heavy (non-hydrogen) atoms. The number of rotatable bonds is 6. The summed E-state index contributed by atoms with van der Waals surface area (Å²) in [6, 6.07) is 29.0. The van der Waals surface area contributed by atoms with E-state index in [-0.39, 0.29) is 5.75 Å². The highest BCUT2D eigenvalue weighted by Crippen LogP contribution is 2.37. The van der Waals surface area contributed by atoms with Crippen molar-refractivity contribution in [2.45, 2.75) is 19.8 Å². The van der Waals surface area contributed by atoms with Crippen LogP contribution in [0.15, 0.2) is 116 Å². The first kappa shape index (κ1) is 20.5. The zero-order valence-electron chi connectivity index (χ0n) is 15.8. The molecule has 0 saturated heterocycles. The van der Waals surface area contributed by atoms with Crippen molar-refractivity contribution in [1.29, 1.82) is 0 Å². The molecule has 0 amide bonds. The Kier molecular flexibility index (Phi) is 6.74. The monoisotopic (exact) mass is 448 g/mol. The maximum atomic E-state index is 10.1. The maximum Gasteiger partial charge on any atom is 0.128 e. The third-order valence-electron chi connectivity index (χ3n) is 4.07. The van der Waals surface area contributed by atoms with Gasteiger partial charge in [-0.1, -0.05) is 71.5 Å². The SMILES string of the molecule is Oc1ccc(Cl)cc1C=Nc1ccc(Sc2ccccc2)nc1Sc1ccccc1. The number of aromatic hydroxyl groups is 1. The van der Waals surface area contributed by atoms with Crippen molar-refractivity contribution in [3.05, 3.63) is 102 Å². The van der Waals surface area contributed by atoms with Crippen molar-refractivity contribution in [3.63, 3.8) is 0 Å². The predicted octanol–water partition coefficient (Wildman–Crippen LogP) is 7.49. The number of phenolic OH excluding ortho intramolecular Hbond substituents is 1. The van der Waals surface area contributed by atoms with Gasteiger partial charge in [0.15, 0.2) is 0 Å². The molecule has 0 aliphatic heterocycles. The fraction of sp³-hybridized carbons (Fsp3) is 0. The van der Waals surface area contributed by atoms with E-state index < -0.39 is 0 Å². The number of nitrogens with zero attached hydrogens (tertiary/aromatic N) is 2. The molecule has 3 nitrogen and oxygen atoms in total. The molecule has 148 valence electrons. The van der Waals surface area contributed by atoms with Gasteiger partial charge in [0.1, 0.15) is 15.8 Å². The van der Waals surface area contributed by atoms with E-state index in [0.717, 1.165) is 25.5 Å². The molecule has 0 aliphatic rings. The summed E-state index contributed by atoms with van der Waals surface area (Å²) >= 11 is 9.20. The van der Waals surface area contributed by atoms with E-state index >= 15 is 0 Å². The van der Waals surface area contributed by atoms with Gasteiger partial charge in [0.2, 0.25) is 0 Å². The van der Waals surface area contributed by atoms with Crippen LogP contribution in [-0.4, -0.2) is 16.3 Å². The van der Waals surface area contributed by atoms with E-state index in [9.17, 15) is 5.11 Å². The van der Waals surface area contributed by atoms with Gasteiger partial charge in [-0.25, -0.2) is 4.98 Å². The van der Waals surface area contributed by atoms with Gasteiger partial charge >= 0.3 is 0 Å². The van der Waals surface area contributed by atoms with Gasteiger partial charge in [-0.3, -0.25) is 4.99 Å². The number of pyridine rings is 1. The van der Waals surface area contributed by atoms with Crippen LogP contribution in [0.3, 0.4) is 0 Å². The first-order chi connectivity index (χ1) is 14.7. The number of benzene rings is 3. The molecule has 0 unspecified atom stereocenters. The highest BCUT2D eigenvalue weighted by atomic mass is 35.5. The summed E-state index contributed by atoms with van der Waals surface area (Å²) in [5, 5.41) is 12.3. The van der Waals surface area contributed by atoms with Crippen LogP contribution in [0, 0.1) is 0 Å². The Morgan fingerprint density at radius 2 is 1.47 bits per heavy atom. The normalized spacial score (nSPS) is 11.1. The lowest BCUT2D eigenvalue weighted by molar-refractivity contribution is 0.474. The Morgan fingerprint density at radius 3 is 2.17 bits per heavy atom. The van der Waals surface area contributed by atoms with Crippen LogP contribution in [0.2, 0.25) is 5.02 Å². The van der Waals surface area contributed by atoms with Crippen molar-refractivity contribution in [2.24, 2.45) is 4.99 Å². The van der Waals surface area contributed by atoms with Crippen LogP contribution in [0.25, 0.3) is 0 Å². The zero-order valence-corrected chi connectivity index (χ0v) is 18.2. The molecule has 0 atom stereocenters. The third kappa shape index (κ3) is 5.45. The second-order valence-corrected chi connectivity index (χ2v) is 8.86. The van der Waals surface area contributed by atoms with Gasteiger partial charge in [-0.15, -0.1) is 0 Å². The highest BCUT2D eigenvalue weighted by molar-refractivity contribution is 8.00. The van der Waals surface area contributed by atoms with Crippen molar-refractivity contribution in [1.82, 2.24) is 4.98 Å². The number of phenols is 1. The summed E-state index contributed by atoms with van der Waals surface area (Å²) in [5.41, 5.74) is 1.28. The number of aromatic nitrogens is 1. The Balaban J connectivity index is 1.67. The zero-order chi connectivity index (χ0) is 20.8. The van der Waals surface area contributed by atoms with Gasteiger partial charge < -0.3 is 5.11 Å². The molecule has 4 aromatic rings. The lowest BCUT2D eigenvalue weighted by Crippen LogP contribution is -1.87. The minimum atomic E-state index is 0.129. The first-order valence-electron chi connectivity index (χ1n) is 9.17. The third-order valence-corrected chi connectivity index (χ3v) is 6.25. The fourth-order valence-electron chi connectivity index (χ4n) is 2.62. The van der Waals surface area contributed by atoms with Crippen molar-refractivity contribution in [2.75, 3.05) is 0 Å². The number of halogens is 1. The molecule has 0 fully saturated rings. The molecule has 3 aromatic carbocycles. The molecule has 4 rings (SSSR count). The standard InChI is InChI=1S/C24H17ClN2OS2/c25-18-11-13-22(28)17(15-18)16-26-21-12-14-23(29-19-7-3-1-4-8-19)27-24(21)30-20-9-5-2-6-10-20/h1-16,28H. The number of hydrogen-bond acceptors (Lipinski definition) is 5. The van der Waals surface area contributed by atoms with E-state index in [1.165, 1.54) is 0 Å². The average Bonchev–Trinajstić information content (AvgIpc) is 2.77. The topological polar surface area (TPSA) is 45.5 Å². The van der Waals surface area contributed by atoms with Crippen molar-refractivity contribution >= 4 is 47.0 Å². The second-order valence-electron chi connectivity index (χ2n) is 6.27. The Morgan fingerprint density at radius 1 is 0.800 bits per heavy atom. The Bertz CT molecular complexity index is 1170. The smallest absolute Gasteiger partial charge is 0.128 e. The minimum absolute atomic E-state index is 0.129. The lowest BCUT2D eigenvalue weighted by Gasteiger charge is -2.08. The molecule has 0 saturated carbocycles. The fourth-order valence-corrected chi connectivity index (χ4v) is 4.56. The average molecular weight is 449 g/mol. The minimum Gasteiger partial charge on any atom is -0.507 e. The Hall–Kier alpha value is -2.73. The quantitative estimate of drug-likeness (QED) is 0.310. The molecule has 0 spiro atoms. The van der Waals surface area contributed by atoms with Crippen LogP contribution >= 0.6 is 35.1 Å². The van der Waals surface area contributed by atoms with Gasteiger partial charge in [0, 0.05) is 26.6 Å². The molecule has 1 N–H and O–H groups in total. The van der Waals surface area contributed by atoms with E-state index in [0.29, 0.717) is 10.6 Å². The Labute approximate surface area is 188 Å². The predicted molar refractivity (Wildman–Crippen MR) is 126 cm³/mol. The largest absolute Gasteiger partial charge is 0.507 e. The molecular weight excluding hydrogens is 432 g/mol. The van der Waals surface area contributed by atoms with Crippen LogP contribution in [0.5, 0.6) is 5.75 Å². The van der Waals surface area contributed by atoms with Crippen LogP contribution in [-0.2, 0) is 0 Å². The molecule has 1 aromatic heterocycles. The molecule has 0 radical (unpaired) electrons. The van der Waals surface area contributed by atoms with Crippen molar-refractivity contribution in [3.8, 4) is 5.75 Å². The van der Waals surface area contributed by atoms with Crippen LogP contribution in [0.4, 0.5) is 5.69 Å².